The first-order chi connectivity index (χ1) is 16.0. The van der Waals surface area contributed by atoms with Gasteiger partial charge in [0.2, 0.25) is 5.91 Å². The van der Waals surface area contributed by atoms with E-state index in [0.717, 1.165) is 36.8 Å². The third kappa shape index (κ3) is 6.08. The number of carbonyl (C=O) groups is 2. The molecule has 2 aliphatic rings. The number of halogens is 2. The molecule has 1 atom stereocenters. The topological polar surface area (TPSA) is 59.1 Å². The highest BCUT2D eigenvalue weighted by atomic mass is 79.9. The van der Waals surface area contributed by atoms with E-state index in [-0.39, 0.29) is 31.4 Å². The second-order valence-corrected chi connectivity index (χ2v) is 9.89. The van der Waals surface area contributed by atoms with Crippen LogP contribution in [0.1, 0.15) is 36.0 Å². The van der Waals surface area contributed by atoms with E-state index >= 15 is 0 Å². The highest BCUT2D eigenvalue weighted by Gasteiger charge is 2.42. The Morgan fingerprint density at radius 3 is 2.58 bits per heavy atom. The van der Waals surface area contributed by atoms with E-state index in [2.05, 4.69) is 15.9 Å². The molecule has 4 rings (SSSR count). The van der Waals surface area contributed by atoms with Crippen LogP contribution < -0.4 is 4.74 Å². The lowest BCUT2D eigenvalue weighted by Gasteiger charge is -2.43. The maximum atomic E-state index is 13.3. The first kappa shape index (κ1) is 24.0. The standard InChI is InChI=1S/C25H28BrClN2O4/c26-22-10-3-2-9-21(22)24(31)29-13-14-33-25(17-29,16-23(30)28-11-4-1-5-12-28)18-32-20-8-6-7-19(27)15-20/h2-3,6-10,15H,1,4-5,11-14,16-18H2/t25-/m1/s1. The molecule has 176 valence electrons. The zero-order valence-electron chi connectivity index (χ0n) is 18.5. The number of hydrogen-bond donors (Lipinski definition) is 0. The van der Waals surface area contributed by atoms with E-state index < -0.39 is 5.60 Å². The van der Waals surface area contributed by atoms with Crippen molar-refractivity contribution in [2.75, 3.05) is 39.4 Å². The number of carbonyl (C=O) groups excluding carboxylic acids is 2. The van der Waals surface area contributed by atoms with Gasteiger partial charge in [-0.25, -0.2) is 0 Å². The first-order valence-electron chi connectivity index (χ1n) is 11.3. The third-order valence-corrected chi connectivity index (χ3v) is 7.05. The van der Waals surface area contributed by atoms with Gasteiger partial charge in [-0.3, -0.25) is 9.59 Å². The number of amides is 2. The molecule has 0 saturated carbocycles. The maximum absolute atomic E-state index is 13.3. The summed E-state index contributed by atoms with van der Waals surface area (Å²) in [6.45, 7) is 2.74. The molecule has 0 bridgehead atoms. The van der Waals surface area contributed by atoms with Gasteiger partial charge in [-0.1, -0.05) is 29.8 Å². The molecule has 0 spiro atoms. The van der Waals surface area contributed by atoms with E-state index in [9.17, 15) is 9.59 Å². The van der Waals surface area contributed by atoms with Crippen molar-refractivity contribution in [3.05, 3.63) is 63.6 Å². The van der Waals surface area contributed by atoms with Crippen LogP contribution in [0.3, 0.4) is 0 Å². The van der Waals surface area contributed by atoms with Crippen LogP contribution in [-0.2, 0) is 9.53 Å². The lowest BCUT2D eigenvalue weighted by atomic mass is 9.95. The fourth-order valence-corrected chi connectivity index (χ4v) is 5.01. The number of ether oxygens (including phenoxy) is 2. The average molecular weight is 536 g/mol. The Balaban J connectivity index is 1.54. The summed E-state index contributed by atoms with van der Waals surface area (Å²) in [5.74, 6) is 0.549. The number of likely N-dealkylation sites (tertiary alicyclic amines) is 1. The van der Waals surface area contributed by atoms with Crippen LogP contribution in [0.4, 0.5) is 0 Å². The van der Waals surface area contributed by atoms with Gasteiger partial charge in [-0.2, -0.15) is 0 Å². The molecule has 2 saturated heterocycles. The van der Waals surface area contributed by atoms with Gasteiger partial charge in [0.25, 0.3) is 5.91 Å². The Kier molecular flexibility index (Phi) is 7.94. The number of benzene rings is 2. The van der Waals surface area contributed by atoms with Crippen molar-refractivity contribution >= 4 is 39.3 Å². The molecule has 2 fully saturated rings. The SMILES string of the molecule is O=C(C[C@]1(COc2cccc(Cl)c2)CN(C(=O)c2ccccc2Br)CCO1)N1CCCCC1. The van der Waals surface area contributed by atoms with Crippen molar-refractivity contribution in [2.45, 2.75) is 31.3 Å². The number of rotatable bonds is 6. The monoisotopic (exact) mass is 534 g/mol. The summed E-state index contributed by atoms with van der Waals surface area (Å²) in [5.41, 5.74) is -0.349. The van der Waals surface area contributed by atoms with Gasteiger partial charge in [-0.05, 0) is 65.5 Å². The molecule has 0 unspecified atom stereocenters. The summed E-state index contributed by atoms with van der Waals surface area (Å²) in [7, 11) is 0. The Bertz CT molecular complexity index is 998. The first-order valence-corrected chi connectivity index (χ1v) is 12.5. The van der Waals surface area contributed by atoms with E-state index in [1.165, 1.54) is 0 Å². The van der Waals surface area contributed by atoms with Crippen molar-refractivity contribution in [1.82, 2.24) is 9.80 Å². The van der Waals surface area contributed by atoms with Gasteiger partial charge in [0.05, 0.1) is 25.1 Å². The molecule has 0 N–H and O–H groups in total. The fourth-order valence-electron chi connectivity index (χ4n) is 4.37. The normalized spacial score (nSPS) is 21.0. The molecule has 33 heavy (non-hydrogen) atoms. The average Bonchev–Trinajstić information content (AvgIpc) is 2.83. The van der Waals surface area contributed by atoms with E-state index in [4.69, 9.17) is 21.1 Å². The van der Waals surface area contributed by atoms with Crippen LogP contribution in [0, 0.1) is 0 Å². The Hall–Kier alpha value is -2.09. The largest absolute Gasteiger partial charge is 0.490 e. The van der Waals surface area contributed by atoms with Crippen LogP contribution in [0.15, 0.2) is 53.0 Å². The molecule has 0 aromatic heterocycles. The van der Waals surface area contributed by atoms with Crippen LogP contribution in [0.2, 0.25) is 5.02 Å². The number of piperidine rings is 1. The molecular weight excluding hydrogens is 508 g/mol. The van der Waals surface area contributed by atoms with Gasteiger partial charge in [0, 0.05) is 29.1 Å². The number of morpholine rings is 1. The second kappa shape index (κ2) is 10.9. The lowest BCUT2D eigenvalue weighted by Crippen LogP contribution is -2.58. The number of nitrogens with zero attached hydrogens (tertiary/aromatic N) is 2. The van der Waals surface area contributed by atoms with Crippen molar-refractivity contribution in [3.63, 3.8) is 0 Å². The van der Waals surface area contributed by atoms with Crippen LogP contribution in [-0.4, -0.2) is 66.6 Å². The van der Waals surface area contributed by atoms with Crippen molar-refractivity contribution in [2.24, 2.45) is 0 Å². The zero-order chi connectivity index (χ0) is 23.3. The predicted octanol–water partition coefficient (Wildman–Crippen LogP) is 4.80. The van der Waals surface area contributed by atoms with Gasteiger partial charge in [-0.15, -0.1) is 0 Å². The van der Waals surface area contributed by atoms with Crippen LogP contribution in [0.5, 0.6) is 5.75 Å². The smallest absolute Gasteiger partial charge is 0.255 e. The molecule has 2 heterocycles. The molecule has 0 aliphatic carbocycles. The van der Waals surface area contributed by atoms with Crippen LogP contribution in [0.25, 0.3) is 0 Å². The summed E-state index contributed by atoms with van der Waals surface area (Å²) < 4.78 is 13.0. The van der Waals surface area contributed by atoms with Crippen molar-refractivity contribution in [3.8, 4) is 5.75 Å². The maximum Gasteiger partial charge on any atom is 0.255 e. The van der Waals surface area contributed by atoms with Gasteiger partial charge in [0.15, 0.2) is 0 Å². The summed E-state index contributed by atoms with van der Waals surface area (Å²) in [5, 5.41) is 0.571. The summed E-state index contributed by atoms with van der Waals surface area (Å²) in [4.78, 5) is 30.2. The molecule has 2 amide bonds. The van der Waals surface area contributed by atoms with Crippen LogP contribution >= 0.6 is 27.5 Å². The van der Waals surface area contributed by atoms with Crippen molar-refractivity contribution in [1.29, 1.82) is 0 Å². The highest BCUT2D eigenvalue weighted by molar-refractivity contribution is 9.10. The Morgan fingerprint density at radius 1 is 1.03 bits per heavy atom. The van der Waals surface area contributed by atoms with Gasteiger partial charge in [0.1, 0.15) is 18.0 Å². The summed E-state index contributed by atoms with van der Waals surface area (Å²) in [6.07, 6.45) is 3.35. The van der Waals surface area contributed by atoms with Gasteiger partial charge < -0.3 is 19.3 Å². The molecule has 2 aromatic rings. The Morgan fingerprint density at radius 2 is 1.82 bits per heavy atom. The Labute approximate surface area is 207 Å². The molecule has 2 aliphatic heterocycles. The molecule has 6 nitrogen and oxygen atoms in total. The predicted molar refractivity (Wildman–Crippen MR) is 131 cm³/mol. The van der Waals surface area contributed by atoms with Gasteiger partial charge >= 0.3 is 0 Å². The quantitative estimate of drug-likeness (QED) is 0.533. The highest BCUT2D eigenvalue weighted by Crippen LogP contribution is 2.29. The van der Waals surface area contributed by atoms with E-state index in [1.54, 1.807) is 23.1 Å². The van der Waals surface area contributed by atoms with Crippen molar-refractivity contribution < 1.29 is 19.1 Å². The fraction of sp³-hybridized carbons (Fsp3) is 0.440. The molecule has 0 radical (unpaired) electrons. The number of hydrogen-bond acceptors (Lipinski definition) is 4. The molecular formula is C25H28BrClN2O4. The van der Waals surface area contributed by atoms with E-state index in [1.807, 2.05) is 35.2 Å². The lowest BCUT2D eigenvalue weighted by molar-refractivity contribution is -0.153. The second-order valence-electron chi connectivity index (χ2n) is 8.60. The summed E-state index contributed by atoms with van der Waals surface area (Å²) in [6, 6.07) is 14.5. The van der Waals surface area contributed by atoms with E-state index in [0.29, 0.717) is 29.5 Å². The molecule has 8 heteroatoms. The molecule has 2 aromatic carbocycles. The minimum Gasteiger partial charge on any atom is -0.490 e. The zero-order valence-corrected chi connectivity index (χ0v) is 20.8. The minimum atomic E-state index is -0.938. The minimum absolute atomic E-state index is 0.0413. The summed E-state index contributed by atoms with van der Waals surface area (Å²) >= 11 is 9.58. The third-order valence-electron chi connectivity index (χ3n) is 6.12.